The largest absolute Gasteiger partial charge is 0.497 e. The predicted molar refractivity (Wildman–Crippen MR) is 110 cm³/mol. The lowest BCUT2D eigenvalue weighted by atomic mass is 10.1. The molecule has 27 heavy (non-hydrogen) atoms. The Hall–Kier alpha value is -3.53. The van der Waals surface area contributed by atoms with E-state index >= 15 is 0 Å². The van der Waals surface area contributed by atoms with E-state index in [1.165, 1.54) is 0 Å². The molecule has 0 amide bonds. The number of nitrogens with one attached hydrogen (secondary N) is 1. The van der Waals surface area contributed by atoms with Gasteiger partial charge >= 0.3 is 0 Å². The molecule has 134 valence electrons. The van der Waals surface area contributed by atoms with Crippen molar-refractivity contribution in [2.75, 3.05) is 12.4 Å². The van der Waals surface area contributed by atoms with Crippen LogP contribution in [-0.4, -0.2) is 16.9 Å². The number of anilines is 2. The van der Waals surface area contributed by atoms with Gasteiger partial charge in [0.25, 0.3) is 0 Å². The molecule has 0 bridgehead atoms. The van der Waals surface area contributed by atoms with Gasteiger partial charge in [-0.3, -0.25) is 0 Å². The average molecular weight is 355 g/mol. The van der Waals surface area contributed by atoms with Crippen molar-refractivity contribution in [1.82, 2.24) is 9.78 Å². The van der Waals surface area contributed by atoms with Crippen LogP contribution in [-0.2, 0) is 0 Å². The minimum atomic E-state index is 0.815. The van der Waals surface area contributed by atoms with Crippen molar-refractivity contribution >= 4 is 11.5 Å². The molecule has 1 aromatic heterocycles. The number of aromatic nitrogens is 2. The maximum absolute atomic E-state index is 5.36. The summed E-state index contributed by atoms with van der Waals surface area (Å²) in [5, 5.41) is 8.37. The molecule has 0 atom stereocenters. The van der Waals surface area contributed by atoms with Gasteiger partial charge in [0.05, 0.1) is 18.5 Å². The Bertz CT molecular complexity index is 1050. The van der Waals surface area contributed by atoms with Crippen molar-refractivity contribution in [3.8, 4) is 22.7 Å². The van der Waals surface area contributed by atoms with Crippen LogP contribution in [0.25, 0.3) is 16.9 Å². The van der Waals surface area contributed by atoms with Gasteiger partial charge in [0, 0.05) is 17.3 Å². The van der Waals surface area contributed by atoms with Crippen molar-refractivity contribution in [1.29, 1.82) is 0 Å². The minimum Gasteiger partial charge on any atom is -0.497 e. The van der Waals surface area contributed by atoms with Gasteiger partial charge in [0.2, 0.25) is 0 Å². The van der Waals surface area contributed by atoms with Crippen molar-refractivity contribution in [3.05, 3.63) is 90.5 Å². The van der Waals surface area contributed by atoms with Gasteiger partial charge < -0.3 is 10.1 Å². The first-order valence-electron chi connectivity index (χ1n) is 8.87. The molecule has 4 heteroatoms. The number of ether oxygens (including phenoxy) is 1. The first kappa shape index (κ1) is 16.9. The minimum absolute atomic E-state index is 0.815. The zero-order valence-electron chi connectivity index (χ0n) is 15.4. The SMILES string of the molecule is COc1cccc(-c2cc(Nc3ccccc3)n(-c3ccccc3C)n2)c1. The molecule has 4 aromatic rings. The van der Waals surface area contributed by atoms with Gasteiger partial charge in [-0.25, -0.2) is 4.68 Å². The molecule has 0 spiro atoms. The first-order chi connectivity index (χ1) is 13.2. The molecule has 0 fully saturated rings. The van der Waals surface area contributed by atoms with Crippen molar-refractivity contribution in [2.45, 2.75) is 6.92 Å². The van der Waals surface area contributed by atoms with Crippen LogP contribution in [0.3, 0.4) is 0 Å². The summed E-state index contributed by atoms with van der Waals surface area (Å²) in [5.41, 5.74) is 5.12. The monoisotopic (exact) mass is 355 g/mol. The number of para-hydroxylation sites is 2. The van der Waals surface area contributed by atoms with Gasteiger partial charge in [-0.15, -0.1) is 0 Å². The Balaban J connectivity index is 1.83. The molecule has 0 aliphatic rings. The highest BCUT2D eigenvalue weighted by atomic mass is 16.5. The van der Waals surface area contributed by atoms with Crippen LogP contribution in [0.5, 0.6) is 5.75 Å². The van der Waals surface area contributed by atoms with Crippen molar-refractivity contribution < 1.29 is 4.74 Å². The van der Waals surface area contributed by atoms with E-state index < -0.39 is 0 Å². The fourth-order valence-electron chi connectivity index (χ4n) is 3.05. The van der Waals surface area contributed by atoms with Crippen molar-refractivity contribution in [3.63, 3.8) is 0 Å². The second-order valence-electron chi connectivity index (χ2n) is 6.34. The fraction of sp³-hybridized carbons (Fsp3) is 0.0870. The van der Waals surface area contributed by atoms with Crippen LogP contribution in [0.1, 0.15) is 5.56 Å². The second-order valence-corrected chi connectivity index (χ2v) is 6.34. The Kier molecular flexibility index (Phi) is 4.62. The van der Waals surface area contributed by atoms with Crippen LogP contribution in [0, 0.1) is 6.92 Å². The van der Waals surface area contributed by atoms with Crippen LogP contribution in [0.2, 0.25) is 0 Å². The van der Waals surface area contributed by atoms with E-state index in [9.17, 15) is 0 Å². The molecular weight excluding hydrogens is 334 g/mol. The summed E-state index contributed by atoms with van der Waals surface area (Å²) in [7, 11) is 1.67. The number of benzene rings is 3. The lowest BCUT2D eigenvalue weighted by Gasteiger charge is -2.11. The number of hydrogen-bond acceptors (Lipinski definition) is 3. The molecule has 0 aliphatic carbocycles. The highest BCUT2D eigenvalue weighted by molar-refractivity contribution is 5.69. The first-order valence-corrected chi connectivity index (χ1v) is 8.87. The van der Waals surface area contributed by atoms with Crippen LogP contribution in [0.4, 0.5) is 11.5 Å². The summed E-state index contributed by atoms with van der Waals surface area (Å²) in [6.45, 7) is 2.09. The maximum Gasteiger partial charge on any atom is 0.134 e. The van der Waals surface area contributed by atoms with E-state index in [1.807, 2.05) is 71.4 Å². The molecule has 0 saturated carbocycles. The standard InChI is InChI=1S/C23H21N3O/c1-17-9-6-7-14-22(17)26-23(24-19-11-4-3-5-12-19)16-21(25-26)18-10-8-13-20(15-18)27-2/h3-16,24H,1-2H3. The quantitative estimate of drug-likeness (QED) is 0.506. The molecular formula is C23H21N3O. The number of nitrogens with zero attached hydrogens (tertiary/aromatic N) is 2. The molecule has 0 saturated heterocycles. The molecule has 4 nitrogen and oxygen atoms in total. The normalized spacial score (nSPS) is 10.6. The van der Waals surface area contributed by atoms with Crippen LogP contribution >= 0.6 is 0 Å². The van der Waals surface area contributed by atoms with E-state index in [-0.39, 0.29) is 0 Å². The lowest BCUT2D eigenvalue weighted by molar-refractivity contribution is 0.415. The maximum atomic E-state index is 5.36. The number of hydrogen-bond donors (Lipinski definition) is 1. The summed E-state index contributed by atoms with van der Waals surface area (Å²) < 4.78 is 7.32. The Morgan fingerprint density at radius 2 is 1.63 bits per heavy atom. The van der Waals surface area contributed by atoms with Gasteiger partial charge in [-0.1, -0.05) is 48.5 Å². The number of aryl methyl sites for hydroxylation is 1. The summed E-state index contributed by atoms with van der Waals surface area (Å²) in [4.78, 5) is 0. The van der Waals surface area contributed by atoms with Crippen LogP contribution < -0.4 is 10.1 Å². The Morgan fingerprint density at radius 1 is 0.852 bits per heavy atom. The topological polar surface area (TPSA) is 39.1 Å². The van der Waals surface area contributed by atoms with Crippen LogP contribution in [0.15, 0.2) is 84.9 Å². The van der Waals surface area contributed by atoms with E-state index in [0.29, 0.717) is 0 Å². The molecule has 0 unspecified atom stereocenters. The smallest absolute Gasteiger partial charge is 0.134 e. The zero-order chi connectivity index (χ0) is 18.6. The predicted octanol–water partition coefficient (Wildman–Crippen LogP) is 5.60. The Morgan fingerprint density at radius 3 is 2.41 bits per heavy atom. The van der Waals surface area contributed by atoms with E-state index in [0.717, 1.165) is 39.8 Å². The summed E-state index contributed by atoms with van der Waals surface area (Å²) in [6, 6.07) is 28.4. The van der Waals surface area contributed by atoms with E-state index in [2.05, 4.69) is 30.4 Å². The summed E-state index contributed by atoms with van der Waals surface area (Å²) >= 11 is 0. The highest BCUT2D eigenvalue weighted by Crippen LogP contribution is 2.29. The summed E-state index contributed by atoms with van der Waals surface area (Å²) in [5.74, 6) is 1.73. The number of rotatable bonds is 5. The third-order valence-corrected chi connectivity index (χ3v) is 4.46. The molecule has 3 aromatic carbocycles. The van der Waals surface area contributed by atoms with Gasteiger partial charge in [-0.2, -0.15) is 5.10 Å². The average Bonchev–Trinajstić information content (AvgIpc) is 3.13. The van der Waals surface area contributed by atoms with Gasteiger partial charge in [0.1, 0.15) is 11.6 Å². The van der Waals surface area contributed by atoms with E-state index in [1.54, 1.807) is 7.11 Å². The van der Waals surface area contributed by atoms with Crippen molar-refractivity contribution in [2.24, 2.45) is 0 Å². The Labute approximate surface area is 159 Å². The molecule has 1 heterocycles. The third-order valence-electron chi connectivity index (χ3n) is 4.46. The number of methoxy groups -OCH3 is 1. The molecule has 4 rings (SSSR count). The molecule has 0 aliphatic heterocycles. The molecule has 1 N–H and O–H groups in total. The van der Waals surface area contributed by atoms with Gasteiger partial charge in [-0.05, 0) is 42.8 Å². The zero-order valence-corrected chi connectivity index (χ0v) is 15.4. The summed E-state index contributed by atoms with van der Waals surface area (Å²) in [6.07, 6.45) is 0. The highest BCUT2D eigenvalue weighted by Gasteiger charge is 2.13. The molecule has 0 radical (unpaired) electrons. The fourth-order valence-corrected chi connectivity index (χ4v) is 3.05. The second kappa shape index (κ2) is 7.38. The van der Waals surface area contributed by atoms with E-state index in [4.69, 9.17) is 9.84 Å². The third kappa shape index (κ3) is 3.55. The van der Waals surface area contributed by atoms with Gasteiger partial charge in [0.15, 0.2) is 0 Å². The lowest BCUT2D eigenvalue weighted by Crippen LogP contribution is -2.04.